The molecule has 3 aromatic rings. The summed E-state index contributed by atoms with van der Waals surface area (Å²) in [7, 11) is 1.86. The fourth-order valence-electron chi connectivity index (χ4n) is 2.23. The average molecular weight is 388 g/mol. The van der Waals surface area contributed by atoms with E-state index in [1.807, 2.05) is 42.8 Å². The molecular formula is C19H18ClN3O2S. The predicted molar refractivity (Wildman–Crippen MR) is 103 cm³/mol. The number of aryl methyl sites for hydroxylation is 1. The number of hydrogen-bond acceptors (Lipinski definition) is 5. The summed E-state index contributed by atoms with van der Waals surface area (Å²) in [5.41, 5.74) is 1.84. The van der Waals surface area contributed by atoms with E-state index in [0.717, 1.165) is 5.56 Å². The molecule has 0 amide bonds. The third kappa shape index (κ3) is 4.65. The molecule has 26 heavy (non-hydrogen) atoms. The topological polar surface area (TPSA) is 57.0 Å². The highest BCUT2D eigenvalue weighted by Gasteiger charge is 2.13. The first kappa shape index (κ1) is 18.5. The molecule has 1 heterocycles. The van der Waals surface area contributed by atoms with Gasteiger partial charge < -0.3 is 9.30 Å². The number of ketones is 1. The van der Waals surface area contributed by atoms with E-state index >= 15 is 0 Å². The maximum Gasteiger partial charge on any atom is 0.191 e. The first-order valence-corrected chi connectivity index (χ1v) is 9.38. The minimum absolute atomic E-state index is 0.0666. The molecular weight excluding hydrogens is 370 g/mol. The Kier molecular flexibility index (Phi) is 5.96. The Morgan fingerprint density at radius 3 is 2.50 bits per heavy atom. The lowest BCUT2D eigenvalue weighted by atomic mass is 10.1. The monoisotopic (exact) mass is 387 g/mol. The summed E-state index contributed by atoms with van der Waals surface area (Å²) in [4.78, 5) is 12.3. The van der Waals surface area contributed by atoms with E-state index in [1.165, 1.54) is 11.8 Å². The van der Waals surface area contributed by atoms with Gasteiger partial charge in [0.25, 0.3) is 0 Å². The quantitative estimate of drug-likeness (QED) is 0.446. The van der Waals surface area contributed by atoms with Crippen molar-refractivity contribution < 1.29 is 9.53 Å². The van der Waals surface area contributed by atoms with Crippen LogP contribution < -0.4 is 4.74 Å². The number of halogens is 1. The summed E-state index contributed by atoms with van der Waals surface area (Å²) in [5, 5.41) is 9.63. The smallest absolute Gasteiger partial charge is 0.191 e. The first-order chi connectivity index (χ1) is 12.5. The van der Waals surface area contributed by atoms with Crippen LogP contribution in [0.5, 0.6) is 5.75 Å². The van der Waals surface area contributed by atoms with Gasteiger partial charge in [-0.3, -0.25) is 4.79 Å². The minimum Gasteiger partial charge on any atom is -0.486 e. The van der Waals surface area contributed by atoms with Crippen molar-refractivity contribution in [3.8, 4) is 5.75 Å². The molecule has 0 aliphatic heterocycles. The van der Waals surface area contributed by atoms with Gasteiger partial charge in [-0.25, -0.2) is 0 Å². The van der Waals surface area contributed by atoms with Crippen molar-refractivity contribution in [3.63, 3.8) is 0 Å². The zero-order valence-electron chi connectivity index (χ0n) is 14.5. The van der Waals surface area contributed by atoms with E-state index in [-0.39, 0.29) is 12.4 Å². The normalized spacial score (nSPS) is 10.7. The predicted octanol–water partition coefficient (Wildman–Crippen LogP) is 4.33. The van der Waals surface area contributed by atoms with Crippen molar-refractivity contribution >= 4 is 29.1 Å². The summed E-state index contributed by atoms with van der Waals surface area (Å²) < 4.78 is 7.53. The van der Waals surface area contributed by atoms with Gasteiger partial charge in [0.2, 0.25) is 0 Å². The number of Topliss-reactive ketones (excluding diaryl/α,β-unsaturated/α-hetero) is 1. The van der Waals surface area contributed by atoms with Gasteiger partial charge in [0.05, 0.1) is 5.75 Å². The Morgan fingerprint density at radius 1 is 1.12 bits per heavy atom. The number of carbonyl (C=O) groups is 1. The first-order valence-electron chi connectivity index (χ1n) is 8.02. The number of benzene rings is 2. The van der Waals surface area contributed by atoms with E-state index in [2.05, 4.69) is 10.2 Å². The van der Waals surface area contributed by atoms with Crippen LogP contribution >= 0.6 is 23.4 Å². The van der Waals surface area contributed by atoms with Crippen molar-refractivity contribution in [3.05, 3.63) is 70.5 Å². The third-order valence-corrected chi connectivity index (χ3v) is 5.08. The van der Waals surface area contributed by atoms with Crippen LogP contribution in [-0.4, -0.2) is 26.3 Å². The SMILES string of the molecule is Cc1ccc(C(=O)CSc2nnc(COc3ccc(Cl)cc3)n2C)cc1. The highest BCUT2D eigenvalue weighted by atomic mass is 35.5. The molecule has 0 saturated heterocycles. The second kappa shape index (κ2) is 8.38. The van der Waals surface area contributed by atoms with Crippen molar-refractivity contribution in [2.24, 2.45) is 7.05 Å². The molecule has 0 spiro atoms. The largest absolute Gasteiger partial charge is 0.486 e. The van der Waals surface area contributed by atoms with E-state index in [9.17, 15) is 4.79 Å². The van der Waals surface area contributed by atoms with Crippen molar-refractivity contribution in [1.29, 1.82) is 0 Å². The molecule has 0 bridgehead atoms. The van der Waals surface area contributed by atoms with Gasteiger partial charge in [-0.15, -0.1) is 10.2 Å². The molecule has 7 heteroatoms. The van der Waals surface area contributed by atoms with Crippen molar-refractivity contribution in [2.45, 2.75) is 18.7 Å². The molecule has 0 radical (unpaired) electrons. The van der Waals surface area contributed by atoms with Crippen LogP contribution in [0.2, 0.25) is 5.02 Å². The van der Waals surface area contributed by atoms with Crippen LogP contribution in [0.15, 0.2) is 53.7 Å². The summed E-state index contributed by atoms with van der Waals surface area (Å²) in [6.45, 7) is 2.29. The lowest BCUT2D eigenvalue weighted by Crippen LogP contribution is -2.06. The number of hydrogen-bond donors (Lipinski definition) is 0. The maximum atomic E-state index is 12.3. The zero-order chi connectivity index (χ0) is 18.5. The van der Waals surface area contributed by atoms with Gasteiger partial charge in [-0.1, -0.05) is 53.2 Å². The van der Waals surface area contributed by atoms with Crippen LogP contribution in [0.1, 0.15) is 21.7 Å². The Labute approximate surface area is 161 Å². The van der Waals surface area contributed by atoms with Gasteiger partial charge in [0.15, 0.2) is 16.8 Å². The van der Waals surface area contributed by atoms with Gasteiger partial charge in [-0.05, 0) is 31.2 Å². The van der Waals surface area contributed by atoms with Gasteiger partial charge in [0.1, 0.15) is 12.4 Å². The molecule has 0 aliphatic carbocycles. The highest BCUT2D eigenvalue weighted by molar-refractivity contribution is 7.99. The summed E-state index contributed by atoms with van der Waals surface area (Å²) in [5.74, 6) is 1.77. The highest BCUT2D eigenvalue weighted by Crippen LogP contribution is 2.20. The Hall–Kier alpha value is -2.31. The lowest BCUT2D eigenvalue weighted by molar-refractivity contribution is 0.102. The summed E-state index contributed by atoms with van der Waals surface area (Å²) in [6, 6.07) is 14.7. The Bertz CT molecular complexity index is 892. The van der Waals surface area contributed by atoms with Crippen LogP contribution in [0.25, 0.3) is 0 Å². The van der Waals surface area contributed by atoms with Crippen molar-refractivity contribution in [2.75, 3.05) is 5.75 Å². The van der Waals surface area contributed by atoms with Gasteiger partial charge >= 0.3 is 0 Å². The molecule has 5 nitrogen and oxygen atoms in total. The average Bonchev–Trinajstić information content (AvgIpc) is 3.00. The van der Waals surface area contributed by atoms with E-state index in [4.69, 9.17) is 16.3 Å². The van der Waals surface area contributed by atoms with Gasteiger partial charge in [-0.2, -0.15) is 0 Å². The van der Waals surface area contributed by atoms with Crippen LogP contribution in [-0.2, 0) is 13.7 Å². The number of rotatable bonds is 7. The van der Waals surface area contributed by atoms with Crippen LogP contribution in [0.3, 0.4) is 0 Å². The molecule has 0 N–H and O–H groups in total. The van der Waals surface area contributed by atoms with E-state index < -0.39 is 0 Å². The summed E-state index contributed by atoms with van der Waals surface area (Å²) >= 11 is 7.22. The lowest BCUT2D eigenvalue weighted by Gasteiger charge is -2.06. The molecule has 1 aromatic heterocycles. The number of aromatic nitrogens is 3. The van der Waals surface area contributed by atoms with E-state index in [1.54, 1.807) is 24.3 Å². The van der Waals surface area contributed by atoms with E-state index in [0.29, 0.717) is 33.1 Å². The van der Waals surface area contributed by atoms with Gasteiger partial charge in [0, 0.05) is 17.6 Å². The summed E-state index contributed by atoms with van der Waals surface area (Å²) in [6.07, 6.45) is 0. The second-order valence-corrected chi connectivity index (χ2v) is 7.16. The third-order valence-electron chi connectivity index (χ3n) is 3.81. The number of thioether (sulfide) groups is 1. The number of nitrogens with zero attached hydrogens (tertiary/aromatic N) is 3. The molecule has 0 aliphatic rings. The zero-order valence-corrected chi connectivity index (χ0v) is 16.0. The van der Waals surface area contributed by atoms with Crippen LogP contribution in [0.4, 0.5) is 0 Å². The molecule has 2 aromatic carbocycles. The fraction of sp³-hybridized carbons (Fsp3) is 0.211. The number of carbonyl (C=O) groups excluding carboxylic acids is 1. The fourth-order valence-corrected chi connectivity index (χ4v) is 3.18. The molecule has 0 unspecified atom stereocenters. The molecule has 0 fully saturated rings. The Morgan fingerprint density at radius 2 is 1.81 bits per heavy atom. The van der Waals surface area contributed by atoms with Crippen LogP contribution in [0, 0.1) is 6.92 Å². The maximum absolute atomic E-state index is 12.3. The number of ether oxygens (including phenoxy) is 1. The second-order valence-electron chi connectivity index (χ2n) is 5.78. The molecule has 3 rings (SSSR count). The molecule has 134 valence electrons. The molecule has 0 saturated carbocycles. The van der Waals surface area contributed by atoms with Crippen molar-refractivity contribution in [1.82, 2.24) is 14.8 Å². The minimum atomic E-state index is 0.0666. The Balaban J connectivity index is 1.57. The molecule has 0 atom stereocenters. The standard InChI is InChI=1S/C19H18ClN3O2S/c1-13-3-5-14(6-4-13)17(24)12-26-19-22-21-18(23(19)2)11-25-16-9-7-15(20)8-10-16/h3-10H,11-12H2,1-2H3.